The third kappa shape index (κ3) is 3.77. The molecule has 1 aromatic rings. The van der Waals surface area contributed by atoms with Crippen LogP contribution in [0.2, 0.25) is 0 Å². The molecule has 2 N–H and O–H groups in total. The fraction of sp³-hybridized carbons (Fsp3) is 0.600. The van der Waals surface area contributed by atoms with Crippen molar-refractivity contribution in [3.05, 3.63) is 10.6 Å². The second-order valence-electron chi connectivity index (χ2n) is 3.58. The number of carbonyl (C=O) groups is 2. The van der Waals surface area contributed by atoms with Gasteiger partial charge in [-0.2, -0.15) is 0 Å². The molecular formula is C10H15N3O3S. The smallest absolute Gasteiger partial charge is 0.305 e. The van der Waals surface area contributed by atoms with Crippen molar-refractivity contribution in [3.63, 3.8) is 0 Å². The molecule has 1 unspecified atom stereocenters. The highest BCUT2D eigenvalue weighted by Gasteiger charge is 2.19. The summed E-state index contributed by atoms with van der Waals surface area (Å²) in [6, 6.07) is -0.355. The molecule has 0 aliphatic rings. The van der Waals surface area contributed by atoms with Crippen LogP contribution in [0.4, 0.5) is 0 Å². The molecule has 0 bridgehead atoms. The standard InChI is InChI=1S/C10H15N3O3S/c1-3-6(5-8(14)15)11-10(16)9-7(4-2)12-13-17-9/h6H,3-5H2,1-2H3,(H,11,16)(H,14,15). The average Bonchev–Trinajstić information content (AvgIpc) is 2.75. The lowest BCUT2D eigenvalue weighted by Gasteiger charge is -2.13. The third-order valence-electron chi connectivity index (χ3n) is 2.35. The quantitative estimate of drug-likeness (QED) is 0.795. The molecule has 7 heteroatoms. The van der Waals surface area contributed by atoms with Crippen molar-refractivity contribution < 1.29 is 14.7 Å². The largest absolute Gasteiger partial charge is 0.481 e. The van der Waals surface area contributed by atoms with Gasteiger partial charge in [0.15, 0.2) is 0 Å². The van der Waals surface area contributed by atoms with Gasteiger partial charge < -0.3 is 10.4 Å². The summed E-state index contributed by atoms with van der Waals surface area (Å²) in [6.07, 6.45) is 1.14. The fourth-order valence-corrected chi connectivity index (χ4v) is 2.02. The lowest BCUT2D eigenvalue weighted by Crippen LogP contribution is -2.36. The van der Waals surface area contributed by atoms with E-state index in [0.717, 1.165) is 11.5 Å². The molecule has 0 saturated heterocycles. The Morgan fingerprint density at radius 1 is 1.47 bits per heavy atom. The van der Waals surface area contributed by atoms with Crippen LogP contribution in [-0.2, 0) is 11.2 Å². The summed E-state index contributed by atoms with van der Waals surface area (Å²) in [6.45, 7) is 3.72. The van der Waals surface area contributed by atoms with Crippen molar-refractivity contribution in [2.45, 2.75) is 39.2 Å². The SMILES string of the molecule is CCc1nnsc1C(=O)NC(CC)CC(=O)O. The molecule has 6 nitrogen and oxygen atoms in total. The predicted octanol–water partition coefficient (Wildman–Crippen LogP) is 1.08. The Morgan fingerprint density at radius 2 is 2.18 bits per heavy atom. The van der Waals surface area contributed by atoms with E-state index in [-0.39, 0.29) is 18.4 Å². The Hall–Kier alpha value is -1.50. The lowest BCUT2D eigenvalue weighted by atomic mass is 10.1. The molecule has 0 aliphatic carbocycles. The van der Waals surface area contributed by atoms with Crippen LogP contribution in [0.25, 0.3) is 0 Å². The predicted molar refractivity (Wildman–Crippen MR) is 63.1 cm³/mol. The minimum atomic E-state index is -0.921. The first-order valence-corrected chi connectivity index (χ1v) is 6.19. The van der Waals surface area contributed by atoms with E-state index in [1.165, 1.54) is 0 Å². The number of hydrogen-bond acceptors (Lipinski definition) is 5. The summed E-state index contributed by atoms with van der Waals surface area (Å²) in [5.74, 6) is -1.21. The Morgan fingerprint density at radius 3 is 2.71 bits per heavy atom. The van der Waals surface area contributed by atoms with Crippen LogP contribution in [0.1, 0.15) is 42.1 Å². The second kappa shape index (κ2) is 6.29. The zero-order valence-electron chi connectivity index (χ0n) is 9.77. The molecule has 0 radical (unpaired) electrons. The highest BCUT2D eigenvalue weighted by atomic mass is 32.1. The molecule has 17 heavy (non-hydrogen) atoms. The van der Waals surface area contributed by atoms with Crippen molar-refractivity contribution in [2.75, 3.05) is 0 Å². The minimum Gasteiger partial charge on any atom is -0.481 e. The van der Waals surface area contributed by atoms with Crippen LogP contribution in [0, 0.1) is 0 Å². The van der Waals surface area contributed by atoms with E-state index in [1.54, 1.807) is 0 Å². The number of carbonyl (C=O) groups excluding carboxylic acids is 1. The molecule has 1 rings (SSSR count). The number of rotatable bonds is 6. The van der Waals surface area contributed by atoms with Gasteiger partial charge in [0.1, 0.15) is 4.88 Å². The van der Waals surface area contributed by atoms with Crippen molar-refractivity contribution in [1.82, 2.24) is 14.9 Å². The number of nitrogens with zero attached hydrogens (tertiary/aromatic N) is 2. The topological polar surface area (TPSA) is 92.2 Å². The summed E-state index contributed by atoms with van der Waals surface area (Å²) in [7, 11) is 0. The van der Waals surface area contributed by atoms with Crippen molar-refractivity contribution >= 4 is 23.4 Å². The van der Waals surface area contributed by atoms with Crippen molar-refractivity contribution in [3.8, 4) is 0 Å². The van der Waals surface area contributed by atoms with Gasteiger partial charge in [0, 0.05) is 6.04 Å². The molecule has 1 aromatic heterocycles. The van der Waals surface area contributed by atoms with Crippen molar-refractivity contribution in [2.24, 2.45) is 0 Å². The monoisotopic (exact) mass is 257 g/mol. The molecule has 0 aromatic carbocycles. The van der Waals surface area contributed by atoms with Gasteiger partial charge in [-0.1, -0.05) is 18.3 Å². The average molecular weight is 257 g/mol. The van der Waals surface area contributed by atoms with Crippen LogP contribution in [0.15, 0.2) is 0 Å². The van der Waals surface area contributed by atoms with Crippen LogP contribution in [-0.4, -0.2) is 32.6 Å². The maximum atomic E-state index is 11.9. The number of carboxylic acid groups (broad SMARTS) is 1. The zero-order valence-corrected chi connectivity index (χ0v) is 10.6. The maximum absolute atomic E-state index is 11.9. The van der Waals surface area contributed by atoms with E-state index in [9.17, 15) is 9.59 Å². The molecule has 0 fully saturated rings. The zero-order chi connectivity index (χ0) is 12.8. The van der Waals surface area contributed by atoms with Crippen molar-refractivity contribution in [1.29, 1.82) is 0 Å². The second-order valence-corrected chi connectivity index (χ2v) is 4.33. The van der Waals surface area contributed by atoms with E-state index >= 15 is 0 Å². The number of aryl methyl sites for hydroxylation is 1. The number of nitrogens with one attached hydrogen (secondary N) is 1. The first kappa shape index (κ1) is 13.6. The maximum Gasteiger partial charge on any atom is 0.305 e. The highest BCUT2D eigenvalue weighted by molar-refractivity contribution is 7.08. The van der Waals surface area contributed by atoms with E-state index in [0.29, 0.717) is 23.4 Å². The van der Waals surface area contributed by atoms with Gasteiger partial charge in [0.2, 0.25) is 0 Å². The van der Waals surface area contributed by atoms with Gasteiger partial charge in [0.25, 0.3) is 5.91 Å². The molecule has 0 aliphatic heterocycles. The molecule has 1 amide bonds. The first-order chi connectivity index (χ1) is 8.08. The van der Waals surface area contributed by atoms with Gasteiger partial charge in [-0.25, -0.2) is 0 Å². The lowest BCUT2D eigenvalue weighted by molar-refractivity contribution is -0.137. The van der Waals surface area contributed by atoms with Gasteiger partial charge in [-0.3, -0.25) is 9.59 Å². The Labute approximate surface area is 103 Å². The summed E-state index contributed by atoms with van der Waals surface area (Å²) in [4.78, 5) is 22.9. The van der Waals surface area contributed by atoms with Crippen LogP contribution in [0.5, 0.6) is 0 Å². The first-order valence-electron chi connectivity index (χ1n) is 5.42. The normalized spacial score (nSPS) is 12.1. The molecule has 94 valence electrons. The van der Waals surface area contributed by atoms with Gasteiger partial charge in [0.05, 0.1) is 12.1 Å². The Balaban J connectivity index is 2.67. The molecule has 1 heterocycles. The number of aromatic nitrogens is 2. The number of amides is 1. The Bertz CT molecular complexity index is 405. The van der Waals surface area contributed by atoms with Gasteiger partial charge in [-0.05, 0) is 24.4 Å². The molecular weight excluding hydrogens is 242 g/mol. The van der Waals surface area contributed by atoms with Crippen LogP contribution >= 0.6 is 11.5 Å². The number of carboxylic acids is 1. The highest BCUT2D eigenvalue weighted by Crippen LogP contribution is 2.11. The van der Waals surface area contributed by atoms with E-state index in [4.69, 9.17) is 5.11 Å². The summed E-state index contributed by atoms with van der Waals surface area (Å²) in [5, 5.41) is 15.2. The summed E-state index contributed by atoms with van der Waals surface area (Å²) >= 11 is 1.03. The van der Waals surface area contributed by atoms with Gasteiger partial charge >= 0.3 is 5.97 Å². The molecule has 1 atom stereocenters. The minimum absolute atomic E-state index is 0.0735. The van der Waals surface area contributed by atoms with E-state index in [1.807, 2.05) is 13.8 Å². The Kier molecular flexibility index (Phi) is 5.02. The third-order valence-corrected chi connectivity index (χ3v) is 3.11. The number of hydrogen-bond donors (Lipinski definition) is 2. The summed E-state index contributed by atoms with van der Waals surface area (Å²) in [5.41, 5.74) is 0.651. The fourth-order valence-electron chi connectivity index (χ4n) is 1.37. The summed E-state index contributed by atoms with van der Waals surface area (Å²) < 4.78 is 3.72. The molecule has 0 spiro atoms. The molecule has 0 saturated carbocycles. The van der Waals surface area contributed by atoms with E-state index in [2.05, 4.69) is 14.9 Å². The van der Waals surface area contributed by atoms with Gasteiger partial charge in [-0.15, -0.1) is 5.10 Å². The number of aliphatic carboxylic acids is 1. The van der Waals surface area contributed by atoms with Crippen LogP contribution < -0.4 is 5.32 Å². The van der Waals surface area contributed by atoms with E-state index < -0.39 is 5.97 Å². The van der Waals surface area contributed by atoms with Crippen LogP contribution in [0.3, 0.4) is 0 Å².